The molecule has 0 aromatic heterocycles. The van der Waals surface area contributed by atoms with Crippen LogP contribution in [0.5, 0.6) is 0 Å². The zero-order chi connectivity index (χ0) is 19.4. The Bertz CT molecular complexity index is 983. The minimum absolute atomic E-state index is 0.0173. The number of para-hydroxylation sites is 1. The maximum absolute atomic E-state index is 13.6. The molecule has 3 aromatic carbocycles. The molecule has 3 aromatic rings. The summed E-state index contributed by atoms with van der Waals surface area (Å²) in [6.07, 6.45) is -1.21. The molecular weight excluding hydrogens is 352 g/mol. The SMILES string of the molecule is C[C@@H](OC(=O)Cc1ccc2ccccc2c1)C(=O)Nc1c(F)cccc1F. The van der Waals surface area contributed by atoms with Gasteiger partial charge < -0.3 is 10.1 Å². The second-order valence-electron chi connectivity index (χ2n) is 6.08. The number of carbonyl (C=O) groups excluding carboxylic acids is 2. The fraction of sp³-hybridized carbons (Fsp3) is 0.143. The second kappa shape index (κ2) is 7.95. The van der Waals surface area contributed by atoms with E-state index in [1.807, 2.05) is 42.5 Å². The molecule has 0 bridgehead atoms. The Kier molecular flexibility index (Phi) is 5.45. The number of halogens is 2. The van der Waals surface area contributed by atoms with E-state index in [9.17, 15) is 18.4 Å². The molecule has 0 unspecified atom stereocenters. The van der Waals surface area contributed by atoms with E-state index in [0.29, 0.717) is 0 Å². The van der Waals surface area contributed by atoms with Crippen molar-refractivity contribution in [3.05, 3.63) is 77.9 Å². The summed E-state index contributed by atoms with van der Waals surface area (Å²) in [5.41, 5.74) is 0.173. The number of nitrogens with one attached hydrogen (secondary N) is 1. The van der Waals surface area contributed by atoms with Crippen LogP contribution in [0, 0.1) is 11.6 Å². The van der Waals surface area contributed by atoms with Gasteiger partial charge in [0.05, 0.1) is 6.42 Å². The zero-order valence-electron chi connectivity index (χ0n) is 14.5. The Balaban J connectivity index is 1.61. The number of hydrogen-bond acceptors (Lipinski definition) is 3. The summed E-state index contributed by atoms with van der Waals surface area (Å²) in [5.74, 6) is -3.23. The van der Waals surface area contributed by atoms with Crippen molar-refractivity contribution in [3.8, 4) is 0 Å². The minimum atomic E-state index is -1.20. The molecule has 0 spiro atoms. The van der Waals surface area contributed by atoms with Gasteiger partial charge in [-0.3, -0.25) is 9.59 Å². The lowest BCUT2D eigenvalue weighted by molar-refractivity contribution is -0.152. The lowest BCUT2D eigenvalue weighted by atomic mass is 10.1. The highest BCUT2D eigenvalue weighted by atomic mass is 19.1. The number of ether oxygens (including phenoxy) is 1. The highest BCUT2D eigenvalue weighted by Crippen LogP contribution is 2.19. The van der Waals surface area contributed by atoms with Crippen LogP contribution in [0.1, 0.15) is 12.5 Å². The molecule has 0 aliphatic rings. The third-order valence-corrected chi connectivity index (χ3v) is 4.05. The van der Waals surface area contributed by atoms with Crippen molar-refractivity contribution in [2.75, 3.05) is 5.32 Å². The predicted octanol–water partition coefficient (Wildman–Crippen LogP) is 4.23. The number of benzene rings is 3. The number of hydrogen-bond donors (Lipinski definition) is 1. The first-order valence-corrected chi connectivity index (χ1v) is 8.36. The number of amides is 1. The first-order valence-electron chi connectivity index (χ1n) is 8.36. The molecule has 3 rings (SSSR count). The predicted molar refractivity (Wildman–Crippen MR) is 98.2 cm³/mol. The summed E-state index contributed by atoms with van der Waals surface area (Å²) >= 11 is 0. The van der Waals surface area contributed by atoms with Crippen molar-refractivity contribution in [2.24, 2.45) is 0 Å². The number of fused-ring (bicyclic) bond motifs is 1. The van der Waals surface area contributed by atoms with Gasteiger partial charge in [0, 0.05) is 0 Å². The maximum Gasteiger partial charge on any atom is 0.311 e. The van der Waals surface area contributed by atoms with Gasteiger partial charge in [-0.1, -0.05) is 48.5 Å². The van der Waals surface area contributed by atoms with Gasteiger partial charge >= 0.3 is 5.97 Å². The molecular formula is C21H17F2NO3. The van der Waals surface area contributed by atoms with Gasteiger partial charge in [0.15, 0.2) is 6.10 Å². The zero-order valence-corrected chi connectivity index (χ0v) is 14.5. The van der Waals surface area contributed by atoms with E-state index in [1.165, 1.54) is 13.0 Å². The van der Waals surface area contributed by atoms with Crippen molar-refractivity contribution in [3.63, 3.8) is 0 Å². The normalized spacial score (nSPS) is 11.8. The molecule has 0 heterocycles. The van der Waals surface area contributed by atoms with Crippen molar-refractivity contribution in [2.45, 2.75) is 19.4 Å². The average molecular weight is 369 g/mol. The largest absolute Gasteiger partial charge is 0.452 e. The molecule has 1 amide bonds. The van der Waals surface area contributed by atoms with Gasteiger partial charge in [-0.25, -0.2) is 8.78 Å². The Labute approximate surface area is 154 Å². The fourth-order valence-corrected chi connectivity index (χ4v) is 2.65. The van der Waals surface area contributed by atoms with E-state index in [0.717, 1.165) is 28.5 Å². The van der Waals surface area contributed by atoms with Crippen LogP contribution in [-0.2, 0) is 20.7 Å². The topological polar surface area (TPSA) is 55.4 Å². The molecule has 0 radical (unpaired) electrons. The lowest BCUT2D eigenvalue weighted by Crippen LogP contribution is -2.31. The Hall–Kier alpha value is -3.28. The first kappa shape index (κ1) is 18.5. The van der Waals surface area contributed by atoms with Crippen molar-refractivity contribution >= 4 is 28.3 Å². The van der Waals surface area contributed by atoms with Gasteiger partial charge in [-0.2, -0.15) is 0 Å². The van der Waals surface area contributed by atoms with Crippen LogP contribution in [0.25, 0.3) is 10.8 Å². The van der Waals surface area contributed by atoms with E-state index >= 15 is 0 Å². The molecule has 0 aliphatic heterocycles. The molecule has 27 heavy (non-hydrogen) atoms. The second-order valence-corrected chi connectivity index (χ2v) is 6.08. The Morgan fingerprint density at radius 1 is 0.963 bits per heavy atom. The van der Waals surface area contributed by atoms with Crippen LogP contribution >= 0.6 is 0 Å². The van der Waals surface area contributed by atoms with Crippen molar-refractivity contribution < 1.29 is 23.1 Å². The van der Waals surface area contributed by atoms with Crippen LogP contribution < -0.4 is 5.32 Å². The molecule has 1 atom stereocenters. The third kappa shape index (κ3) is 4.47. The monoisotopic (exact) mass is 369 g/mol. The van der Waals surface area contributed by atoms with Crippen LogP contribution in [0.2, 0.25) is 0 Å². The van der Waals surface area contributed by atoms with Crippen LogP contribution in [0.4, 0.5) is 14.5 Å². The van der Waals surface area contributed by atoms with E-state index < -0.39 is 35.3 Å². The summed E-state index contributed by atoms with van der Waals surface area (Å²) in [7, 11) is 0. The van der Waals surface area contributed by atoms with Crippen LogP contribution in [0.15, 0.2) is 60.7 Å². The Morgan fingerprint density at radius 3 is 2.33 bits per heavy atom. The Morgan fingerprint density at radius 2 is 1.63 bits per heavy atom. The van der Waals surface area contributed by atoms with Gasteiger partial charge in [-0.15, -0.1) is 0 Å². The molecule has 0 saturated carbocycles. The number of esters is 1. The van der Waals surface area contributed by atoms with Crippen molar-refractivity contribution in [1.82, 2.24) is 0 Å². The molecule has 0 fully saturated rings. The fourth-order valence-electron chi connectivity index (χ4n) is 2.65. The highest BCUT2D eigenvalue weighted by molar-refractivity contribution is 5.95. The minimum Gasteiger partial charge on any atom is -0.452 e. The molecule has 6 heteroatoms. The summed E-state index contributed by atoms with van der Waals surface area (Å²) in [5, 5.41) is 4.15. The van der Waals surface area contributed by atoms with E-state index in [4.69, 9.17) is 4.74 Å². The molecule has 1 N–H and O–H groups in total. The van der Waals surface area contributed by atoms with E-state index in [2.05, 4.69) is 5.32 Å². The van der Waals surface area contributed by atoms with E-state index in [1.54, 1.807) is 0 Å². The van der Waals surface area contributed by atoms with E-state index in [-0.39, 0.29) is 6.42 Å². The molecule has 138 valence electrons. The summed E-state index contributed by atoms with van der Waals surface area (Å²) in [6, 6.07) is 16.5. The standard InChI is InChI=1S/C21H17F2NO3/c1-13(21(26)24-20-17(22)7-4-8-18(20)23)27-19(25)12-14-9-10-15-5-2-3-6-16(15)11-14/h2-11,13H,12H2,1H3,(H,24,26)/t13-/m1/s1. The van der Waals surface area contributed by atoms with Crippen LogP contribution in [0.3, 0.4) is 0 Å². The summed E-state index contributed by atoms with van der Waals surface area (Å²) < 4.78 is 32.3. The summed E-state index contributed by atoms with van der Waals surface area (Å²) in [6.45, 7) is 1.34. The lowest BCUT2D eigenvalue weighted by Gasteiger charge is -2.14. The highest BCUT2D eigenvalue weighted by Gasteiger charge is 2.21. The quantitative estimate of drug-likeness (QED) is 0.685. The first-order chi connectivity index (χ1) is 12.9. The number of rotatable bonds is 5. The smallest absolute Gasteiger partial charge is 0.311 e. The van der Waals surface area contributed by atoms with Gasteiger partial charge in [-0.05, 0) is 35.4 Å². The molecule has 0 aliphatic carbocycles. The summed E-state index contributed by atoms with van der Waals surface area (Å²) in [4.78, 5) is 24.2. The van der Waals surface area contributed by atoms with Crippen LogP contribution in [-0.4, -0.2) is 18.0 Å². The molecule has 4 nitrogen and oxygen atoms in total. The van der Waals surface area contributed by atoms with Crippen molar-refractivity contribution in [1.29, 1.82) is 0 Å². The average Bonchev–Trinajstić information content (AvgIpc) is 2.64. The van der Waals surface area contributed by atoms with Gasteiger partial charge in [0.25, 0.3) is 5.91 Å². The van der Waals surface area contributed by atoms with Gasteiger partial charge in [0.1, 0.15) is 17.3 Å². The van der Waals surface area contributed by atoms with Gasteiger partial charge in [0.2, 0.25) is 0 Å². The number of carbonyl (C=O) groups is 2. The third-order valence-electron chi connectivity index (χ3n) is 4.05. The molecule has 0 saturated heterocycles. The maximum atomic E-state index is 13.6. The number of anilines is 1.